The molecule has 0 spiro atoms. The third-order valence-corrected chi connectivity index (χ3v) is 2.99. The molecule has 0 amide bonds. The summed E-state index contributed by atoms with van der Waals surface area (Å²) in [6.45, 7) is 5.05. The summed E-state index contributed by atoms with van der Waals surface area (Å²) in [7, 11) is 0. The monoisotopic (exact) mass is 295 g/mol. The normalized spacial score (nSPS) is 11.3. The highest BCUT2D eigenvalue weighted by atomic mass is 19.1. The second-order valence-corrected chi connectivity index (χ2v) is 5.21. The number of aryl methyl sites for hydroxylation is 1. The van der Waals surface area contributed by atoms with Crippen LogP contribution in [-0.4, -0.2) is 22.8 Å². The SMILES string of the molecule is CC(C)NCCCc1nnc(Cc2ccc(F)cc2F)o1. The highest BCUT2D eigenvalue weighted by Gasteiger charge is 2.10. The van der Waals surface area contributed by atoms with Crippen molar-refractivity contribution in [3.05, 3.63) is 47.2 Å². The maximum atomic E-state index is 13.5. The third-order valence-electron chi connectivity index (χ3n) is 2.99. The Kier molecular flexibility index (Phi) is 5.38. The third kappa shape index (κ3) is 4.90. The van der Waals surface area contributed by atoms with E-state index in [0.717, 1.165) is 19.0 Å². The van der Waals surface area contributed by atoms with Gasteiger partial charge in [-0.2, -0.15) is 0 Å². The molecule has 0 aliphatic carbocycles. The predicted molar refractivity (Wildman–Crippen MR) is 74.9 cm³/mol. The lowest BCUT2D eigenvalue weighted by Crippen LogP contribution is -2.23. The summed E-state index contributed by atoms with van der Waals surface area (Å²) in [5.74, 6) is -0.318. The minimum atomic E-state index is -0.601. The van der Waals surface area contributed by atoms with Crippen LogP contribution in [0, 0.1) is 11.6 Å². The topological polar surface area (TPSA) is 51.0 Å². The van der Waals surface area contributed by atoms with E-state index in [1.165, 1.54) is 12.1 Å². The molecule has 2 rings (SSSR count). The van der Waals surface area contributed by atoms with Crippen LogP contribution >= 0.6 is 0 Å². The maximum Gasteiger partial charge on any atom is 0.221 e. The first-order valence-corrected chi connectivity index (χ1v) is 7.03. The molecule has 114 valence electrons. The van der Waals surface area contributed by atoms with Gasteiger partial charge in [-0.15, -0.1) is 10.2 Å². The lowest BCUT2D eigenvalue weighted by molar-refractivity contribution is 0.443. The molecule has 0 aliphatic heterocycles. The summed E-state index contributed by atoms with van der Waals surface area (Å²) in [6, 6.07) is 3.91. The summed E-state index contributed by atoms with van der Waals surface area (Å²) in [5.41, 5.74) is 0.341. The molecular formula is C15H19F2N3O. The van der Waals surface area contributed by atoms with Gasteiger partial charge in [0.2, 0.25) is 11.8 Å². The Balaban J connectivity index is 1.88. The number of hydrogen-bond donors (Lipinski definition) is 1. The van der Waals surface area contributed by atoms with Crippen molar-refractivity contribution >= 4 is 0 Å². The highest BCUT2D eigenvalue weighted by Crippen LogP contribution is 2.14. The molecule has 0 unspecified atom stereocenters. The predicted octanol–water partition coefficient (Wildman–Crippen LogP) is 2.87. The number of aromatic nitrogens is 2. The molecule has 0 radical (unpaired) electrons. The minimum Gasteiger partial charge on any atom is -0.425 e. The smallest absolute Gasteiger partial charge is 0.221 e. The van der Waals surface area contributed by atoms with Crippen molar-refractivity contribution in [2.24, 2.45) is 0 Å². The van der Waals surface area contributed by atoms with E-state index in [4.69, 9.17) is 4.42 Å². The minimum absolute atomic E-state index is 0.170. The van der Waals surface area contributed by atoms with Crippen LogP contribution in [0.3, 0.4) is 0 Å². The molecule has 0 saturated carbocycles. The van der Waals surface area contributed by atoms with Crippen LogP contribution in [0.4, 0.5) is 8.78 Å². The average Bonchev–Trinajstić information content (AvgIpc) is 2.85. The van der Waals surface area contributed by atoms with Crippen molar-refractivity contribution in [2.45, 2.75) is 39.2 Å². The summed E-state index contributed by atoms with van der Waals surface area (Å²) < 4.78 is 31.8. The van der Waals surface area contributed by atoms with E-state index >= 15 is 0 Å². The van der Waals surface area contributed by atoms with Crippen molar-refractivity contribution in [1.29, 1.82) is 0 Å². The van der Waals surface area contributed by atoms with Gasteiger partial charge >= 0.3 is 0 Å². The highest BCUT2D eigenvalue weighted by molar-refractivity contribution is 5.21. The average molecular weight is 295 g/mol. The summed E-state index contributed by atoms with van der Waals surface area (Å²) in [4.78, 5) is 0. The summed E-state index contributed by atoms with van der Waals surface area (Å²) in [6.07, 6.45) is 1.74. The number of halogens is 2. The maximum absolute atomic E-state index is 13.5. The molecule has 6 heteroatoms. The molecule has 1 heterocycles. The first kappa shape index (κ1) is 15.6. The first-order chi connectivity index (χ1) is 10.0. The molecule has 21 heavy (non-hydrogen) atoms. The van der Waals surface area contributed by atoms with Gasteiger partial charge in [0.05, 0.1) is 6.42 Å². The number of nitrogens with zero attached hydrogens (tertiary/aromatic N) is 2. The Morgan fingerprint density at radius 2 is 1.95 bits per heavy atom. The van der Waals surface area contributed by atoms with Gasteiger partial charge in [-0.1, -0.05) is 19.9 Å². The van der Waals surface area contributed by atoms with Crippen molar-refractivity contribution < 1.29 is 13.2 Å². The van der Waals surface area contributed by atoms with E-state index in [1.807, 2.05) is 0 Å². The summed E-state index contributed by atoms with van der Waals surface area (Å²) >= 11 is 0. The molecule has 0 aliphatic rings. The fourth-order valence-corrected chi connectivity index (χ4v) is 1.92. The van der Waals surface area contributed by atoms with Crippen LogP contribution in [0.2, 0.25) is 0 Å². The lowest BCUT2D eigenvalue weighted by Gasteiger charge is -2.05. The van der Waals surface area contributed by atoms with E-state index in [0.29, 0.717) is 29.8 Å². The van der Waals surface area contributed by atoms with Crippen molar-refractivity contribution in [1.82, 2.24) is 15.5 Å². The van der Waals surface area contributed by atoms with Crippen molar-refractivity contribution in [3.8, 4) is 0 Å². The second-order valence-electron chi connectivity index (χ2n) is 5.21. The van der Waals surface area contributed by atoms with Gasteiger partial charge in [0.15, 0.2) is 0 Å². The Bertz CT molecular complexity index is 584. The fourth-order valence-electron chi connectivity index (χ4n) is 1.92. The Morgan fingerprint density at radius 1 is 1.19 bits per heavy atom. The number of nitrogens with one attached hydrogen (secondary N) is 1. The zero-order valence-electron chi connectivity index (χ0n) is 12.2. The van der Waals surface area contributed by atoms with Gasteiger partial charge in [0.1, 0.15) is 11.6 Å². The molecule has 0 atom stereocenters. The van der Waals surface area contributed by atoms with E-state index in [-0.39, 0.29) is 6.42 Å². The molecule has 1 aromatic heterocycles. The van der Waals surface area contributed by atoms with Gasteiger partial charge in [0.25, 0.3) is 0 Å². The van der Waals surface area contributed by atoms with Crippen LogP contribution < -0.4 is 5.32 Å². The van der Waals surface area contributed by atoms with Gasteiger partial charge in [-0.25, -0.2) is 8.78 Å². The molecule has 0 fully saturated rings. The van der Waals surface area contributed by atoms with Crippen LogP contribution in [0.15, 0.2) is 22.6 Å². The molecular weight excluding hydrogens is 276 g/mol. The fraction of sp³-hybridized carbons (Fsp3) is 0.467. The number of hydrogen-bond acceptors (Lipinski definition) is 4. The molecule has 0 saturated heterocycles. The molecule has 1 aromatic carbocycles. The van der Waals surface area contributed by atoms with Crippen LogP contribution in [0.1, 0.15) is 37.6 Å². The largest absolute Gasteiger partial charge is 0.425 e. The van der Waals surface area contributed by atoms with Crippen molar-refractivity contribution in [3.63, 3.8) is 0 Å². The zero-order chi connectivity index (χ0) is 15.2. The zero-order valence-corrected chi connectivity index (χ0v) is 12.2. The molecule has 1 N–H and O–H groups in total. The second kappa shape index (κ2) is 7.26. The molecule has 2 aromatic rings. The Morgan fingerprint density at radius 3 is 2.67 bits per heavy atom. The molecule has 0 bridgehead atoms. The molecule has 4 nitrogen and oxygen atoms in total. The summed E-state index contributed by atoms with van der Waals surface area (Å²) in [5, 5.41) is 11.1. The van der Waals surface area contributed by atoms with Crippen LogP contribution in [0.5, 0.6) is 0 Å². The lowest BCUT2D eigenvalue weighted by atomic mass is 10.1. The Hall–Kier alpha value is -1.82. The first-order valence-electron chi connectivity index (χ1n) is 7.03. The van der Waals surface area contributed by atoms with Gasteiger partial charge in [-0.05, 0) is 24.6 Å². The van der Waals surface area contributed by atoms with E-state index < -0.39 is 11.6 Å². The Labute approximate surface area is 122 Å². The quantitative estimate of drug-likeness (QED) is 0.798. The van der Waals surface area contributed by atoms with E-state index in [2.05, 4.69) is 29.4 Å². The van der Waals surface area contributed by atoms with Crippen LogP contribution in [-0.2, 0) is 12.8 Å². The van der Waals surface area contributed by atoms with Gasteiger partial charge in [-0.3, -0.25) is 0 Å². The van der Waals surface area contributed by atoms with Gasteiger partial charge in [0, 0.05) is 18.5 Å². The number of benzene rings is 1. The van der Waals surface area contributed by atoms with Gasteiger partial charge < -0.3 is 9.73 Å². The van der Waals surface area contributed by atoms with Crippen molar-refractivity contribution in [2.75, 3.05) is 6.54 Å². The van der Waals surface area contributed by atoms with Crippen LogP contribution in [0.25, 0.3) is 0 Å². The standard InChI is InChI=1S/C15H19F2N3O/c1-10(2)18-7-3-4-14-19-20-15(21-14)8-11-5-6-12(16)9-13(11)17/h5-6,9-10,18H,3-4,7-8H2,1-2H3. The van der Waals surface area contributed by atoms with E-state index in [9.17, 15) is 8.78 Å². The van der Waals surface area contributed by atoms with E-state index in [1.54, 1.807) is 0 Å². The number of rotatable bonds is 7.